The Balaban J connectivity index is 1.27. The molecule has 0 saturated carbocycles. The Morgan fingerprint density at radius 3 is 2.47 bits per heavy atom. The van der Waals surface area contributed by atoms with Crippen LogP contribution in [0.4, 0.5) is 10.1 Å². The molecule has 0 bridgehead atoms. The van der Waals surface area contributed by atoms with Crippen molar-refractivity contribution in [2.24, 2.45) is 0 Å². The smallest absolute Gasteiger partial charge is 0.123 e. The third-order valence-electron chi connectivity index (χ3n) is 7.64. The molecule has 190 valence electrons. The molecular weight excluding hydrogens is 451 g/mol. The molecule has 3 aromatic rings. The van der Waals surface area contributed by atoms with Gasteiger partial charge >= 0.3 is 0 Å². The van der Waals surface area contributed by atoms with Gasteiger partial charge in [0.1, 0.15) is 17.3 Å². The predicted octanol–water partition coefficient (Wildman–Crippen LogP) is 6.31. The van der Waals surface area contributed by atoms with Crippen molar-refractivity contribution in [3.63, 3.8) is 0 Å². The maximum Gasteiger partial charge on any atom is 0.123 e. The van der Waals surface area contributed by atoms with Crippen LogP contribution in [-0.4, -0.2) is 32.3 Å². The number of nitrogens with one attached hydrogen (secondary N) is 1. The van der Waals surface area contributed by atoms with E-state index in [1.54, 1.807) is 19.2 Å². The van der Waals surface area contributed by atoms with E-state index in [1.807, 2.05) is 18.2 Å². The topological polar surface area (TPSA) is 33.7 Å². The Hall–Kier alpha value is -3.05. The zero-order valence-corrected chi connectivity index (χ0v) is 21.2. The second kappa shape index (κ2) is 11.8. The molecule has 2 aliphatic rings. The fourth-order valence-corrected chi connectivity index (χ4v) is 5.54. The molecule has 0 spiro atoms. The number of rotatable bonds is 8. The first kappa shape index (κ1) is 24.6. The van der Waals surface area contributed by atoms with Crippen LogP contribution < -0.4 is 19.7 Å². The van der Waals surface area contributed by atoms with Crippen LogP contribution in [0.15, 0.2) is 66.7 Å². The zero-order chi connectivity index (χ0) is 24.7. The highest BCUT2D eigenvalue weighted by Gasteiger charge is 2.25. The number of hydrogen-bond donors (Lipinski definition) is 1. The summed E-state index contributed by atoms with van der Waals surface area (Å²) in [6.07, 6.45) is 7.86. The van der Waals surface area contributed by atoms with Crippen molar-refractivity contribution in [1.82, 2.24) is 5.32 Å². The lowest BCUT2D eigenvalue weighted by atomic mass is 9.98. The lowest BCUT2D eigenvalue weighted by molar-refractivity contribution is 0.268. The number of ether oxygens (including phenoxy) is 2. The Kier molecular flexibility index (Phi) is 8.07. The highest BCUT2D eigenvalue weighted by molar-refractivity contribution is 5.51. The fraction of sp³-hybridized carbons (Fsp3) is 0.419. The van der Waals surface area contributed by atoms with Crippen LogP contribution in [0.5, 0.6) is 11.5 Å². The molecular formula is C31H37FN2O2. The van der Waals surface area contributed by atoms with E-state index in [0.29, 0.717) is 12.1 Å². The van der Waals surface area contributed by atoms with Crippen LogP contribution in [0.1, 0.15) is 48.8 Å². The van der Waals surface area contributed by atoms with E-state index in [-0.39, 0.29) is 5.82 Å². The summed E-state index contributed by atoms with van der Waals surface area (Å²) in [6.45, 7) is 2.68. The van der Waals surface area contributed by atoms with Crippen molar-refractivity contribution in [2.75, 3.05) is 25.2 Å². The predicted molar refractivity (Wildman–Crippen MR) is 144 cm³/mol. The summed E-state index contributed by atoms with van der Waals surface area (Å²) in [5, 5.41) is 3.59. The van der Waals surface area contributed by atoms with Crippen LogP contribution in [-0.2, 0) is 19.4 Å². The fourth-order valence-electron chi connectivity index (χ4n) is 5.54. The molecule has 5 rings (SSSR count). The molecule has 2 heterocycles. The Labute approximate surface area is 214 Å². The molecule has 2 atom stereocenters. The van der Waals surface area contributed by atoms with Gasteiger partial charge in [0.25, 0.3) is 0 Å². The van der Waals surface area contributed by atoms with E-state index in [2.05, 4.69) is 46.6 Å². The highest BCUT2D eigenvalue weighted by Crippen LogP contribution is 2.31. The lowest BCUT2D eigenvalue weighted by Crippen LogP contribution is -2.35. The summed E-state index contributed by atoms with van der Waals surface area (Å²) in [6, 6.07) is 22.8. The number of piperidine rings is 1. The van der Waals surface area contributed by atoms with Gasteiger partial charge in [-0.25, -0.2) is 4.39 Å². The molecule has 2 aliphatic heterocycles. The lowest BCUT2D eigenvalue weighted by Gasteiger charge is -2.32. The van der Waals surface area contributed by atoms with E-state index in [0.717, 1.165) is 62.6 Å². The van der Waals surface area contributed by atoms with Gasteiger partial charge in [-0.05, 0) is 110 Å². The first-order chi connectivity index (χ1) is 17.7. The summed E-state index contributed by atoms with van der Waals surface area (Å²) in [4.78, 5) is 2.43. The summed E-state index contributed by atoms with van der Waals surface area (Å²) in [5.41, 5.74) is 4.98. The van der Waals surface area contributed by atoms with Crippen LogP contribution in [0.3, 0.4) is 0 Å². The number of hydrogen-bond acceptors (Lipinski definition) is 4. The van der Waals surface area contributed by atoms with Gasteiger partial charge in [0.2, 0.25) is 0 Å². The van der Waals surface area contributed by atoms with Gasteiger partial charge in [-0.2, -0.15) is 0 Å². The van der Waals surface area contributed by atoms with Crippen LogP contribution in [0.25, 0.3) is 0 Å². The van der Waals surface area contributed by atoms with Crippen LogP contribution in [0, 0.1) is 5.82 Å². The number of benzene rings is 3. The molecule has 1 fully saturated rings. The quantitative estimate of drug-likeness (QED) is 0.403. The number of nitrogens with zero attached hydrogens (tertiary/aromatic N) is 1. The van der Waals surface area contributed by atoms with Gasteiger partial charge in [0.05, 0.1) is 13.7 Å². The van der Waals surface area contributed by atoms with Crippen molar-refractivity contribution in [2.45, 2.75) is 63.6 Å². The Morgan fingerprint density at radius 2 is 1.72 bits per heavy atom. The molecule has 5 heteroatoms. The molecule has 1 N–H and O–H groups in total. The Morgan fingerprint density at radius 1 is 0.917 bits per heavy atom. The first-order valence-corrected chi connectivity index (χ1v) is 13.3. The second-order valence-electron chi connectivity index (χ2n) is 10.1. The van der Waals surface area contributed by atoms with Gasteiger partial charge in [-0.3, -0.25) is 0 Å². The van der Waals surface area contributed by atoms with Gasteiger partial charge in [0, 0.05) is 24.3 Å². The maximum atomic E-state index is 13.7. The average Bonchev–Trinajstić information content (AvgIpc) is 3.10. The summed E-state index contributed by atoms with van der Waals surface area (Å²) >= 11 is 0. The van der Waals surface area contributed by atoms with Crippen molar-refractivity contribution in [1.29, 1.82) is 0 Å². The minimum atomic E-state index is -0.204. The van der Waals surface area contributed by atoms with Gasteiger partial charge in [-0.1, -0.05) is 24.6 Å². The van der Waals surface area contributed by atoms with Crippen molar-refractivity contribution in [3.8, 4) is 11.5 Å². The van der Waals surface area contributed by atoms with Gasteiger partial charge in [0.15, 0.2) is 0 Å². The molecule has 0 aromatic heterocycles. The van der Waals surface area contributed by atoms with E-state index in [9.17, 15) is 4.39 Å². The maximum absolute atomic E-state index is 13.7. The molecule has 0 radical (unpaired) electrons. The standard InChI is InChI=1S/C31H37FN2O2/c1-35-31-16-8-25-22-34(28-12-9-26(32)10-13-28)29(11-7-24(25)21-31)20-23-5-14-30(15-6-23)36-19-17-27-4-2-3-18-33-27/h5-6,8-10,12-16,21,27,29,33H,2-4,7,11,17-20,22H2,1H3. The minimum Gasteiger partial charge on any atom is -0.497 e. The average molecular weight is 489 g/mol. The monoisotopic (exact) mass is 488 g/mol. The van der Waals surface area contributed by atoms with Gasteiger partial charge < -0.3 is 19.7 Å². The third-order valence-corrected chi connectivity index (χ3v) is 7.64. The first-order valence-electron chi connectivity index (χ1n) is 13.3. The molecule has 2 unspecified atom stereocenters. The molecule has 0 aliphatic carbocycles. The summed E-state index contributed by atoms with van der Waals surface area (Å²) in [7, 11) is 1.71. The minimum absolute atomic E-state index is 0.204. The normalized spacial score (nSPS) is 19.9. The number of aryl methyl sites for hydroxylation is 1. The van der Waals surface area contributed by atoms with E-state index < -0.39 is 0 Å². The van der Waals surface area contributed by atoms with Crippen molar-refractivity contribution < 1.29 is 13.9 Å². The van der Waals surface area contributed by atoms with E-state index in [1.165, 1.54) is 36.0 Å². The van der Waals surface area contributed by atoms with Crippen LogP contribution >= 0.6 is 0 Å². The summed E-state index contributed by atoms with van der Waals surface area (Å²) < 4.78 is 25.2. The molecule has 0 amide bonds. The number of fused-ring (bicyclic) bond motifs is 1. The molecule has 1 saturated heterocycles. The van der Waals surface area contributed by atoms with Crippen molar-refractivity contribution >= 4 is 5.69 Å². The van der Waals surface area contributed by atoms with E-state index in [4.69, 9.17) is 9.47 Å². The van der Waals surface area contributed by atoms with E-state index >= 15 is 0 Å². The van der Waals surface area contributed by atoms with Crippen molar-refractivity contribution in [3.05, 3.63) is 89.2 Å². The number of halogens is 1. The zero-order valence-electron chi connectivity index (χ0n) is 21.2. The van der Waals surface area contributed by atoms with Gasteiger partial charge in [-0.15, -0.1) is 0 Å². The SMILES string of the molecule is COc1ccc2c(c1)CCC(Cc1ccc(OCCC3CCCCN3)cc1)N(c1ccc(F)cc1)C2. The Bertz CT molecular complexity index is 1110. The number of anilines is 1. The molecule has 3 aromatic carbocycles. The highest BCUT2D eigenvalue weighted by atomic mass is 19.1. The summed E-state index contributed by atoms with van der Waals surface area (Å²) in [5.74, 6) is 1.63. The molecule has 36 heavy (non-hydrogen) atoms. The molecule has 4 nitrogen and oxygen atoms in total. The second-order valence-corrected chi connectivity index (χ2v) is 10.1. The third kappa shape index (κ3) is 6.19. The largest absolute Gasteiger partial charge is 0.497 e. The van der Waals surface area contributed by atoms with Crippen LogP contribution in [0.2, 0.25) is 0 Å². The number of methoxy groups -OCH3 is 1.